The van der Waals surface area contributed by atoms with E-state index in [0.717, 1.165) is 45.5 Å². The predicted octanol–water partition coefficient (Wildman–Crippen LogP) is 2.25. The van der Waals surface area contributed by atoms with Crippen LogP contribution < -0.4 is 5.32 Å². The number of rotatable bonds is 4. The largest absolute Gasteiger partial charge is 0.377 e. The standard InChI is InChI=1S/C17H24N2O2S/c20-17(18-13-2-1-3-13)15-9-19(8-12-5-7-22-11-12)10-16-14(15)4-6-21-16/h5,7,11,13-16H,1-4,6,8-10H2,(H,18,20)/t14-,15-,16+/m0/s1. The van der Waals surface area contributed by atoms with Gasteiger partial charge in [-0.15, -0.1) is 0 Å². The van der Waals surface area contributed by atoms with Crippen molar-refractivity contribution in [2.24, 2.45) is 11.8 Å². The molecule has 22 heavy (non-hydrogen) atoms. The van der Waals surface area contributed by atoms with Crippen LogP contribution in [0.15, 0.2) is 16.8 Å². The second-order valence-electron chi connectivity index (χ2n) is 6.93. The maximum absolute atomic E-state index is 12.7. The van der Waals surface area contributed by atoms with Crippen molar-refractivity contribution >= 4 is 17.2 Å². The fraction of sp³-hybridized carbons (Fsp3) is 0.706. The number of piperidine rings is 1. The van der Waals surface area contributed by atoms with Gasteiger partial charge in [0.15, 0.2) is 0 Å². The lowest BCUT2D eigenvalue weighted by atomic mass is 9.81. The molecule has 0 unspecified atom stereocenters. The van der Waals surface area contributed by atoms with Crippen LogP contribution >= 0.6 is 11.3 Å². The number of likely N-dealkylation sites (tertiary alicyclic amines) is 1. The van der Waals surface area contributed by atoms with Crippen LogP contribution in [-0.4, -0.2) is 42.6 Å². The molecule has 0 bridgehead atoms. The number of ether oxygens (including phenoxy) is 1. The van der Waals surface area contributed by atoms with Crippen LogP contribution in [0.1, 0.15) is 31.2 Å². The van der Waals surface area contributed by atoms with Crippen molar-refractivity contribution in [1.82, 2.24) is 10.2 Å². The third-order valence-electron chi connectivity index (χ3n) is 5.45. The van der Waals surface area contributed by atoms with Crippen molar-refractivity contribution in [3.63, 3.8) is 0 Å². The first-order valence-corrected chi connectivity index (χ1v) is 9.39. The summed E-state index contributed by atoms with van der Waals surface area (Å²) >= 11 is 1.74. The summed E-state index contributed by atoms with van der Waals surface area (Å²) in [6, 6.07) is 2.61. The highest BCUT2D eigenvalue weighted by molar-refractivity contribution is 7.07. The predicted molar refractivity (Wildman–Crippen MR) is 86.7 cm³/mol. The van der Waals surface area contributed by atoms with Gasteiger partial charge in [-0.3, -0.25) is 9.69 Å². The smallest absolute Gasteiger partial charge is 0.225 e. The monoisotopic (exact) mass is 320 g/mol. The Balaban J connectivity index is 1.44. The van der Waals surface area contributed by atoms with Gasteiger partial charge in [0.05, 0.1) is 12.0 Å². The number of nitrogens with one attached hydrogen (secondary N) is 1. The Morgan fingerprint density at radius 1 is 1.36 bits per heavy atom. The van der Waals surface area contributed by atoms with Crippen LogP contribution in [-0.2, 0) is 16.1 Å². The molecule has 2 saturated heterocycles. The molecule has 1 N–H and O–H groups in total. The van der Waals surface area contributed by atoms with Gasteiger partial charge in [-0.25, -0.2) is 0 Å². The Hall–Kier alpha value is -0.910. The van der Waals surface area contributed by atoms with E-state index in [0.29, 0.717) is 12.0 Å². The summed E-state index contributed by atoms with van der Waals surface area (Å²) in [5.41, 5.74) is 1.35. The Morgan fingerprint density at radius 2 is 2.27 bits per heavy atom. The quantitative estimate of drug-likeness (QED) is 0.925. The average molecular weight is 320 g/mol. The van der Waals surface area contributed by atoms with Gasteiger partial charge in [-0.1, -0.05) is 0 Å². The summed E-state index contributed by atoms with van der Waals surface area (Å²) in [5.74, 6) is 0.777. The fourth-order valence-electron chi connectivity index (χ4n) is 3.96. The number of carbonyl (C=O) groups excluding carboxylic acids is 1. The van der Waals surface area contributed by atoms with Gasteiger partial charge in [0, 0.05) is 38.2 Å². The molecular formula is C17H24N2O2S. The van der Waals surface area contributed by atoms with E-state index in [-0.39, 0.29) is 17.9 Å². The van der Waals surface area contributed by atoms with Gasteiger partial charge in [-0.2, -0.15) is 11.3 Å². The minimum Gasteiger partial charge on any atom is -0.377 e. The molecule has 3 heterocycles. The van der Waals surface area contributed by atoms with E-state index in [4.69, 9.17) is 4.74 Å². The molecule has 3 atom stereocenters. The number of hydrogen-bond acceptors (Lipinski definition) is 4. The Labute approximate surface area is 135 Å². The van der Waals surface area contributed by atoms with Crippen molar-refractivity contribution in [2.75, 3.05) is 19.7 Å². The molecule has 1 aromatic heterocycles. The van der Waals surface area contributed by atoms with Crippen LogP contribution in [0.2, 0.25) is 0 Å². The van der Waals surface area contributed by atoms with Crippen molar-refractivity contribution in [3.8, 4) is 0 Å². The molecule has 1 aliphatic carbocycles. The van der Waals surface area contributed by atoms with E-state index >= 15 is 0 Å². The van der Waals surface area contributed by atoms with Gasteiger partial charge in [0.25, 0.3) is 0 Å². The minimum absolute atomic E-state index is 0.0977. The number of amides is 1. The Bertz CT molecular complexity index is 515. The first-order chi connectivity index (χ1) is 10.8. The maximum atomic E-state index is 12.7. The molecule has 1 aromatic rings. The summed E-state index contributed by atoms with van der Waals surface area (Å²) in [6.07, 6.45) is 4.85. The summed E-state index contributed by atoms with van der Waals surface area (Å²) in [4.78, 5) is 15.1. The van der Waals surface area contributed by atoms with Gasteiger partial charge in [-0.05, 0) is 48.1 Å². The SMILES string of the molecule is O=C(NC1CCC1)[C@H]1CN(Cc2ccsc2)C[C@H]2OCC[C@@H]12. The van der Waals surface area contributed by atoms with Crippen molar-refractivity contribution in [3.05, 3.63) is 22.4 Å². The molecule has 3 fully saturated rings. The summed E-state index contributed by atoms with van der Waals surface area (Å²) in [5, 5.41) is 7.58. The third kappa shape index (κ3) is 2.94. The van der Waals surface area contributed by atoms with E-state index in [1.807, 2.05) is 0 Å². The molecular weight excluding hydrogens is 296 g/mol. The fourth-order valence-corrected chi connectivity index (χ4v) is 4.62. The molecule has 120 valence electrons. The van der Waals surface area contributed by atoms with Gasteiger partial charge in [0.1, 0.15) is 0 Å². The van der Waals surface area contributed by atoms with E-state index in [9.17, 15) is 4.79 Å². The first kappa shape index (κ1) is 14.7. The van der Waals surface area contributed by atoms with Gasteiger partial charge < -0.3 is 10.1 Å². The maximum Gasteiger partial charge on any atom is 0.225 e. The number of carbonyl (C=O) groups is 1. The molecule has 4 rings (SSSR count). The second-order valence-corrected chi connectivity index (χ2v) is 7.71. The Kier molecular flexibility index (Phi) is 4.20. The molecule has 4 nitrogen and oxygen atoms in total. The van der Waals surface area contributed by atoms with Crippen molar-refractivity contribution in [2.45, 2.75) is 44.4 Å². The zero-order chi connectivity index (χ0) is 14.9. The lowest BCUT2D eigenvalue weighted by Crippen LogP contribution is -2.54. The third-order valence-corrected chi connectivity index (χ3v) is 6.18. The zero-order valence-corrected chi connectivity index (χ0v) is 13.7. The van der Waals surface area contributed by atoms with E-state index in [1.165, 1.54) is 12.0 Å². The van der Waals surface area contributed by atoms with E-state index in [2.05, 4.69) is 27.0 Å². The van der Waals surface area contributed by atoms with Crippen molar-refractivity contribution in [1.29, 1.82) is 0 Å². The first-order valence-electron chi connectivity index (χ1n) is 8.45. The molecule has 5 heteroatoms. The molecule has 0 spiro atoms. The lowest BCUT2D eigenvalue weighted by Gasteiger charge is -2.40. The molecule has 0 radical (unpaired) electrons. The molecule has 1 amide bonds. The van der Waals surface area contributed by atoms with E-state index < -0.39 is 0 Å². The number of nitrogens with zero attached hydrogens (tertiary/aromatic N) is 1. The second kappa shape index (κ2) is 6.30. The number of hydrogen-bond donors (Lipinski definition) is 1. The van der Waals surface area contributed by atoms with E-state index in [1.54, 1.807) is 11.3 Å². The highest BCUT2D eigenvalue weighted by Crippen LogP contribution is 2.35. The zero-order valence-electron chi connectivity index (χ0n) is 12.9. The normalized spacial score (nSPS) is 32.5. The van der Waals surface area contributed by atoms with Crippen LogP contribution in [0.3, 0.4) is 0 Å². The molecule has 3 aliphatic rings. The lowest BCUT2D eigenvalue weighted by molar-refractivity contribution is -0.132. The van der Waals surface area contributed by atoms with Crippen molar-refractivity contribution < 1.29 is 9.53 Å². The van der Waals surface area contributed by atoms with Gasteiger partial charge >= 0.3 is 0 Å². The summed E-state index contributed by atoms with van der Waals surface area (Å²) < 4.78 is 5.91. The average Bonchev–Trinajstić information content (AvgIpc) is 3.12. The van der Waals surface area contributed by atoms with Gasteiger partial charge in [0.2, 0.25) is 5.91 Å². The molecule has 1 saturated carbocycles. The summed E-state index contributed by atoms with van der Waals surface area (Å²) in [7, 11) is 0. The van der Waals surface area contributed by atoms with Crippen LogP contribution in [0, 0.1) is 11.8 Å². The molecule has 2 aliphatic heterocycles. The van der Waals surface area contributed by atoms with Crippen LogP contribution in [0.4, 0.5) is 0 Å². The highest BCUT2D eigenvalue weighted by atomic mass is 32.1. The Morgan fingerprint density at radius 3 is 3.00 bits per heavy atom. The van der Waals surface area contributed by atoms with Crippen LogP contribution in [0.5, 0.6) is 0 Å². The highest BCUT2D eigenvalue weighted by Gasteiger charge is 2.44. The van der Waals surface area contributed by atoms with Crippen LogP contribution in [0.25, 0.3) is 0 Å². The minimum atomic E-state index is 0.0977. The molecule has 0 aromatic carbocycles. The number of thiophene rings is 1. The summed E-state index contributed by atoms with van der Waals surface area (Å²) in [6.45, 7) is 3.59. The number of fused-ring (bicyclic) bond motifs is 1. The topological polar surface area (TPSA) is 41.6 Å².